The van der Waals surface area contributed by atoms with Gasteiger partial charge in [0.2, 0.25) is 0 Å². The smallest absolute Gasteiger partial charge is 0.282 e. The normalized spacial score (nSPS) is 21.2. The number of nitriles is 1. The Bertz CT molecular complexity index is 682. The second kappa shape index (κ2) is 7.47. The van der Waals surface area contributed by atoms with E-state index in [4.69, 9.17) is 5.26 Å². The van der Waals surface area contributed by atoms with Crippen LogP contribution >= 0.6 is 0 Å². The Morgan fingerprint density at radius 1 is 0.917 bits per heavy atom. The van der Waals surface area contributed by atoms with Gasteiger partial charge in [-0.15, -0.1) is 0 Å². The second-order valence-corrected chi connectivity index (χ2v) is 8.15. The minimum Gasteiger partial charge on any atom is -0.354 e. The van der Waals surface area contributed by atoms with Crippen LogP contribution in [0.4, 0.5) is 5.82 Å². The summed E-state index contributed by atoms with van der Waals surface area (Å²) in [7, 11) is -3.35. The van der Waals surface area contributed by atoms with E-state index in [9.17, 15) is 8.42 Å². The van der Waals surface area contributed by atoms with Crippen molar-refractivity contribution in [3.05, 3.63) is 23.9 Å². The molecule has 130 valence electrons. The fourth-order valence-corrected chi connectivity index (χ4v) is 4.89. The van der Waals surface area contributed by atoms with Crippen molar-refractivity contribution in [1.82, 2.24) is 13.6 Å². The number of rotatable bonds is 3. The zero-order valence-corrected chi connectivity index (χ0v) is 14.6. The van der Waals surface area contributed by atoms with E-state index in [0.717, 1.165) is 31.5 Å². The van der Waals surface area contributed by atoms with E-state index < -0.39 is 10.2 Å². The topological polar surface area (TPSA) is 80.5 Å². The molecule has 8 heteroatoms. The van der Waals surface area contributed by atoms with Crippen molar-refractivity contribution in [2.24, 2.45) is 0 Å². The van der Waals surface area contributed by atoms with E-state index in [1.807, 2.05) is 6.07 Å². The molecule has 3 rings (SSSR count). The third kappa shape index (κ3) is 3.69. The average molecular weight is 349 g/mol. The van der Waals surface area contributed by atoms with Crippen LogP contribution in [-0.2, 0) is 10.2 Å². The molecule has 0 atom stereocenters. The standard InChI is InChI=1S/C16H23N5O2S/c17-13-15-5-6-16(18-14-15)19-9-11-21(12-10-19)24(22,23)20-7-3-1-2-4-8-20/h5-6,14H,1-4,7-12H2. The van der Waals surface area contributed by atoms with E-state index in [-0.39, 0.29) is 0 Å². The maximum atomic E-state index is 12.8. The Morgan fingerprint density at radius 3 is 2.08 bits per heavy atom. The quantitative estimate of drug-likeness (QED) is 0.819. The van der Waals surface area contributed by atoms with Gasteiger partial charge in [-0.1, -0.05) is 12.8 Å². The molecule has 2 saturated heterocycles. The molecule has 7 nitrogen and oxygen atoms in total. The summed E-state index contributed by atoms with van der Waals surface area (Å²) in [5.41, 5.74) is 0.529. The highest BCUT2D eigenvalue weighted by atomic mass is 32.2. The summed E-state index contributed by atoms with van der Waals surface area (Å²) in [6.45, 7) is 3.46. The first-order chi connectivity index (χ1) is 11.6. The first kappa shape index (κ1) is 17.1. The third-order valence-corrected chi connectivity index (χ3v) is 6.69. The molecular formula is C16H23N5O2S. The van der Waals surface area contributed by atoms with E-state index in [1.54, 1.807) is 20.9 Å². The van der Waals surface area contributed by atoms with Crippen molar-refractivity contribution in [1.29, 1.82) is 5.26 Å². The third-order valence-electron chi connectivity index (χ3n) is 4.66. The number of pyridine rings is 1. The van der Waals surface area contributed by atoms with Crippen LogP contribution in [0.3, 0.4) is 0 Å². The lowest BCUT2D eigenvalue weighted by molar-refractivity contribution is 0.327. The molecule has 3 heterocycles. The maximum absolute atomic E-state index is 12.8. The molecule has 24 heavy (non-hydrogen) atoms. The molecule has 0 amide bonds. The van der Waals surface area contributed by atoms with Gasteiger partial charge in [-0.3, -0.25) is 0 Å². The molecule has 0 saturated carbocycles. The van der Waals surface area contributed by atoms with Gasteiger partial charge in [0.1, 0.15) is 11.9 Å². The number of hydrogen-bond donors (Lipinski definition) is 0. The van der Waals surface area contributed by atoms with E-state index >= 15 is 0 Å². The summed E-state index contributed by atoms with van der Waals surface area (Å²) in [4.78, 5) is 6.35. The van der Waals surface area contributed by atoms with Gasteiger partial charge >= 0.3 is 0 Å². The zero-order valence-electron chi connectivity index (χ0n) is 13.8. The van der Waals surface area contributed by atoms with Gasteiger partial charge in [0, 0.05) is 45.5 Å². The summed E-state index contributed by atoms with van der Waals surface area (Å²) in [6, 6.07) is 5.61. The highest BCUT2D eigenvalue weighted by molar-refractivity contribution is 7.86. The summed E-state index contributed by atoms with van der Waals surface area (Å²) < 4.78 is 28.8. The minimum absolute atomic E-state index is 0.473. The molecule has 1 aromatic rings. The van der Waals surface area contributed by atoms with Crippen molar-refractivity contribution in [3.63, 3.8) is 0 Å². The molecule has 0 aromatic carbocycles. The predicted octanol–water partition coefficient (Wildman–Crippen LogP) is 1.20. The number of aromatic nitrogens is 1. The molecule has 0 radical (unpaired) electrons. The van der Waals surface area contributed by atoms with E-state index in [0.29, 0.717) is 44.8 Å². The Hall–Kier alpha value is -1.69. The SMILES string of the molecule is N#Cc1ccc(N2CCN(S(=O)(=O)N3CCCCCC3)CC2)nc1. The van der Waals surface area contributed by atoms with Gasteiger partial charge in [-0.25, -0.2) is 4.98 Å². The molecule has 1 aromatic heterocycles. The van der Waals surface area contributed by atoms with Gasteiger partial charge in [0.25, 0.3) is 10.2 Å². The Kier molecular flexibility index (Phi) is 5.33. The number of piperazine rings is 1. The lowest BCUT2D eigenvalue weighted by Crippen LogP contribution is -2.53. The molecule has 0 spiro atoms. The summed E-state index contributed by atoms with van der Waals surface area (Å²) in [5.74, 6) is 0.792. The molecule has 2 aliphatic rings. The minimum atomic E-state index is -3.35. The second-order valence-electron chi connectivity index (χ2n) is 6.22. The largest absolute Gasteiger partial charge is 0.354 e. The van der Waals surface area contributed by atoms with Gasteiger partial charge in [-0.05, 0) is 25.0 Å². The first-order valence-corrected chi connectivity index (χ1v) is 9.87. The van der Waals surface area contributed by atoms with Crippen LogP contribution < -0.4 is 4.90 Å². The van der Waals surface area contributed by atoms with Crippen molar-refractivity contribution < 1.29 is 8.42 Å². The molecule has 0 N–H and O–H groups in total. The van der Waals surface area contributed by atoms with Crippen LogP contribution in [0, 0.1) is 11.3 Å². The molecule has 0 aliphatic carbocycles. The fourth-order valence-electron chi connectivity index (χ4n) is 3.22. The van der Waals surface area contributed by atoms with Crippen LogP contribution in [0.5, 0.6) is 0 Å². The lowest BCUT2D eigenvalue weighted by atomic mass is 10.2. The molecular weight excluding hydrogens is 326 g/mol. The summed E-state index contributed by atoms with van der Waals surface area (Å²) >= 11 is 0. The summed E-state index contributed by atoms with van der Waals surface area (Å²) in [5, 5.41) is 8.83. The van der Waals surface area contributed by atoms with Gasteiger partial charge in [-0.2, -0.15) is 22.3 Å². The van der Waals surface area contributed by atoms with Crippen LogP contribution in [0.25, 0.3) is 0 Å². The Balaban J connectivity index is 1.62. The van der Waals surface area contributed by atoms with Gasteiger partial charge in [0.05, 0.1) is 5.56 Å². The van der Waals surface area contributed by atoms with Crippen LogP contribution in [0.1, 0.15) is 31.2 Å². The molecule has 2 fully saturated rings. The highest BCUT2D eigenvalue weighted by Crippen LogP contribution is 2.20. The molecule has 2 aliphatic heterocycles. The average Bonchev–Trinajstić information content (AvgIpc) is 2.92. The van der Waals surface area contributed by atoms with Crippen LogP contribution in [0.2, 0.25) is 0 Å². The zero-order chi connectivity index (χ0) is 17.0. The van der Waals surface area contributed by atoms with E-state index in [2.05, 4.69) is 16.0 Å². The maximum Gasteiger partial charge on any atom is 0.282 e. The van der Waals surface area contributed by atoms with Crippen LogP contribution in [-0.4, -0.2) is 61.3 Å². The van der Waals surface area contributed by atoms with Crippen molar-refractivity contribution in [2.45, 2.75) is 25.7 Å². The van der Waals surface area contributed by atoms with Gasteiger partial charge in [0.15, 0.2) is 0 Å². The predicted molar refractivity (Wildman–Crippen MR) is 91.7 cm³/mol. The van der Waals surface area contributed by atoms with Gasteiger partial charge < -0.3 is 4.90 Å². The highest BCUT2D eigenvalue weighted by Gasteiger charge is 2.32. The fraction of sp³-hybridized carbons (Fsp3) is 0.625. The molecule has 0 bridgehead atoms. The van der Waals surface area contributed by atoms with Crippen molar-refractivity contribution >= 4 is 16.0 Å². The van der Waals surface area contributed by atoms with Crippen molar-refractivity contribution in [3.8, 4) is 6.07 Å². The van der Waals surface area contributed by atoms with Crippen molar-refractivity contribution in [2.75, 3.05) is 44.2 Å². The molecule has 0 unspecified atom stereocenters. The lowest BCUT2D eigenvalue weighted by Gasteiger charge is -2.37. The summed E-state index contributed by atoms with van der Waals surface area (Å²) in [6.07, 6.45) is 5.69. The monoisotopic (exact) mass is 349 g/mol. The number of hydrogen-bond acceptors (Lipinski definition) is 5. The Morgan fingerprint density at radius 2 is 1.54 bits per heavy atom. The Labute approximate surface area is 143 Å². The number of nitrogens with zero attached hydrogens (tertiary/aromatic N) is 5. The number of anilines is 1. The van der Waals surface area contributed by atoms with Crippen LogP contribution in [0.15, 0.2) is 18.3 Å². The first-order valence-electron chi connectivity index (χ1n) is 8.47. The van der Waals surface area contributed by atoms with E-state index in [1.165, 1.54) is 0 Å².